The van der Waals surface area contributed by atoms with Gasteiger partial charge in [-0.1, -0.05) is 43.6 Å². The van der Waals surface area contributed by atoms with Crippen molar-refractivity contribution in [2.24, 2.45) is 4.99 Å². The van der Waals surface area contributed by atoms with E-state index in [0.717, 1.165) is 5.70 Å². The molecule has 7 nitrogen and oxygen atoms in total. The van der Waals surface area contributed by atoms with Gasteiger partial charge in [-0.15, -0.1) is 11.8 Å². The smallest absolute Gasteiger partial charge is 0.342 e. The number of rotatable bonds is 6. The van der Waals surface area contributed by atoms with Crippen LogP contribution in [0.1, 0.15) is 33.3 Å². The van der Waals surface area contributed by atoms with Crippen molar-refractivity contribution in [1.29, 1.82) is 0 Å². The predicted molar refractivity (Wildman–Crippen MR) is 202 cm³/mol. The van der Waals surface area contributed by atoms with Gasteiger partial charge in [-0.3, -0.25) is 9.79 Å². The lowest BCUT2D eigenvalue weighted by molar-refractivity contribution is -0.798. The zero-order valence-electron chi connectivity index (χ0n) is 28.3. The van der Waals surface area contributed by atoms with Crippen LogP contribution in [0.4, 0.5) is 14.5 Å². The molecule has 0 saturated carbocycles. The van der Waals surface area contributed by atoms with Gasteiger partial charge in [0.2, 0.25) is 6.41 Å². The molecular formula is C33H45Cl2F2N4O3S3+. The number of anilines is 1. The molecule has 3 atom stereocenters. The summed E-state index contributed by atoms with van der Waals surface area (Å²) in [6, 6.07) is 3.03. The van der Waals surface area contributed by atoms with Crippen LogP contribution in [0, 0.1) is 11.6 Å². The van der Waals surface area contributed by atoms with Crippen LogP contribution in [0.3, 0.4) is 0 Å². The van der Waals surface area contributed by atoms with E-state index in [1.54, 1.807) is 32.7 Å². The zero-order valence-corrected chi connectivity index (χ0v) is 32.4. The van der Waals surface area contributed by atoms with Crippen molar-refractivity contribution in [3.8, 4) is 11.1 Å². The Bertz CT molecular complexity index is 1500. The summed E-state index contributed by atoms with van der Waals surface area (Å²) in [5.74, 6) is -0.928. The van der Waals surface area contributed by atoms with Crippen molar-refractivity contribution in [2.45, 2.75) is 44.7 Å². The number of ether oxygens (including phenoxy) is 1. The fraction of sp³-hybridized carbons (Fsp3) is 0.424. The van der Waals surface area contributed by atoms with Gasteiger partial charge in [0.15, 0.2) is 0 Å². The van der Waals surface area contributed by atoms with E-state index >= 15 is 4.39 Å². The summed E-state index contributed by atoms with van der Waals surface area (Å²) in [4.78, 5) is 34.0. The second-order valence-electron chi connectivity index (χ2n) is 10.2. The summed E-state index contributed by atoms with van der Waals surface area (Å²) < 4.78 is 34.8. The van der Waals surface area contributed by atoms with Crippen LogP contribution in [0.25, 0.3) is 11.1 Å². The van der Waals surface area contributed by atoms with Gasteiger partial charge in [-0.05, 0) is 31.6 Å². The van der Waals surface area contributed by atoms with E-state index in [-0.39, 0.29) is 38.1 Å². The van der Waals surface area contributed by atoms with Crippen molar-refractivity contribution < 1.29 is 27.6 Å². The lowest BCUT2D eigenvalue weighted by atomic mass is 9.98. The second kappa shape index (κ2) is 19.8. The molecule has 2 aromatic rings. The maximum absolute atomic E-state index is 15.2. The number of thioether (sulfide) groups is 1. The van der Waals surface area contributed by atoms with Crippen molar-refractivity contribution in [1.82, 2.24) is 4.90 Å². The largest absolute Gasteiger partial charge is 0.382 e. The molecule has 2 bridgehead atoms. The molecule has 2 aliphatic heterocycles. The van der Waals surface area contributed by atoms with Gasteiger partial charge in [0.25, 0.3) is 0 Å². The molecule has 2 aliphatic rings. The number of hydrogen-bond donors (Lipinski definition) is 2. The first-order valence-corrected chi connectivity index (χ1v) is 18.2. The van der Waals surface area contributed by atoms with Gasteiger partial charge >= 0.3 is 5.91 Å². The fourth-order valence-corrected chi connectivity index (χ4v) is 7.00. The van der Waals surface area contributed by atoms with Crippen molar-refractivity contribution in [2.75, 3.05) is 57.5 Å². The third-order valence-electron chi connectivity index (χ3n) is 7.44. The van der Waals surface area contributed by atoms with Crippen molar-refractivity contribution in [3.63, 3.8) is 0 Å². The number of nitrogens with zero attached hydrogens (tertiary/aromatic N) is 4. The van der Waals surface area contributed by atoms with Crippen LogP contribution in [-0.4, -0.2) is 92.2 Å². The molecule has 2 heterocycles. The average molecular weight is 751 g/mol. The Morgan fingerprint density at radius 3 is 2.32 bits per heavy atom. The standard InChI is InChI=1S/C29H31Cl2F2N4O3S.C2H6.2CH4S/c1-7-25(39)37(5)12-16(2)36(11-17(37)3)29-20-9-22(31)26(19-8-21(30)24(33)10-23(19)32)28(27(20)35(4)15-38)41-14-18(34-29)13-40-6;3*1-2/h7-11,15-16,18H,1,12-14H2,2-6H3;1-2H3;2*2H,1H3/q+1;;;. The number of amidine groups is 1. The molecule has 0 saturated heterocycles. The second-order valence-corrected chi connectivity index (χ2v) is 12.1. The number of likely N-dealkylation sites (N-methyl/N-ethyl adjacent to an activating group) is 1. The summed E-state index contributed by atoms with van der Waals surface area (Å²) in [5, 5.41) is -0.0785. The Balaban J connectivity index is 0.00000174. The molecule has 3 unspecified atom stereocenters. The van der Waals surface area contributed by atoms with Crippen molar-refractivity contribution >= 4 is 84.1 Å². The van der Waals surface area contributed by atoms with Crippen LogP contribution in [0.2, 0.25) is 10.0 Å². The highest BCUT2D eigenvalue weighted by Gasteiger charge is 2.42. The van der Waals surface area contributed by atoms with Gasteiger partial charge in [0.1, 0.15) is 29.7 Å². The SMILES string of the molecule is C=CC(=O)[N+]1(C)CC(C)N(C2=NC(COC)CSc3c(-c4cc(Cl)c(F)cc4F)c(Cl)cc2c3N(C)C=O)C=C1C.CC.CS.CS. The summed E-state index contributed by atoms with van der Waals surface area (Å²) in [6.07, 6.45) is 7.23. The summed E-state index contributed by atoms with van der Waals surface area (Å²) in [7, 11) is 5.01. The normalized spacial score (nSPS) is 19.9. The minimum atomic E-state index is -0.891. The molecule has 14 heteroatoms. The Labute approximate surface area is 303 Å². The van der Waals surface area contributed by atoms with Crippen LogP contribution >= 0.6 is 60.2 Å². The van der Waals surface area contributed by atoms with E-state index in [4.69, 9.17) is 32.9 Å². The number of benzene rings is 2. The van der Waals surface area contributed by atoms with Gasteiger partial charge in [0.05, 0.1) is 47.7 Å². The molecule has 2 aromatic carbocycles. The predicted octanol–water partition coefficient (Wildman–Crippen LogP) is 8.24. The first kappa shape index (κ1) is 43.0. The highest BCUT2D eigenvalue weighted by Crippen LogP contribution is 2.48. The molecule has 260 valence electrons. The summed E-state index contributed by atoms with van der Waals surface area (Å²) in [6.45, 7) is 12.2. The molecule has 0 aliphatic carbocycles. The molecule has 47 heavy (non-hydrogen) atoms. The lowest BCUT2D eigenvalue weighted by Gasteiger charge is -2.43. The number of methoxy groups -OCH3 is 1. The first-order valence-electron chi connectivity index (χ1n) is 14.7. The van der Waals surface area contributed by atoms with Crippen LogP contribution in [0.5, 0.6) is 0 Å². The number of thiol groups is 2. The Hall–Kier alpha value is -2.06. The van der Waals surface area contributed by atoms with E-state index in [1.807, 2.05) is 45.8 Å². The van der Waals surface area contributed by atoms with E-state index in [2.05, 4.69) is 31.8 Å². The average Bonchev–Trinajstić information content (AvgIpc) is 3.07. The van der Waals surface area contributed by atoms with E-state index in [1.165, 1.54) is 28.8 Å². The zero-order chi connectivity index (χ0) is 36.2. The van der Waals surface area contributed by atoms with E-state index in [0.29, 0.717) is 58.9 Å². The number of amides is 2. The van der Waals surface area contributed by atoms with E-state index < -0.39 is 11.6 Å². The fourth-order valence-electron chi connectivity index (χ4n) is 5.19. The van der Waals surface area contributed by atoms with Crippen LogP contribution < -0.4 is 4.90 Å². The number of aliphatic imine (C=N–C) groups is 1. The van der Waals surface area contributed by atoms with Crippen LogP contribution in [-0.2, 0) is 14.3 Å². The number of allylic oxidation sites excluding steroid dienone is 1. The first-order chi connectivity index (χ1) is 22.4. The molecule has 2 amide bonds. The number of quaternary nitrogens is 1. The van der Waals surface area contributed by atoms with Crippen LogP contribution in [0.15, 0.2) is 52.6 Å². The van der Waals surface area contributed by atoms with Gasteiger partial charge < -0.3 is 14.5 Å². The third-order valence-corrected chi connectivity index (χ3v) is 9.26. The van der Waals surface area contributed by atoms with E-state index in [9.17, 15) is 14.0 Å². The number of hydrogen-bond acceptors (Lipinski definition) is 8. The molecule has 0 N–H and O–H groups in total. The number of carbonyl (C=O) groups excluding carboxylic acids is 2. The lowest BCUT2D eigenvalue weighted by Crippen LogP contribution is -2.58. The van der Waals surface area contributed by atoms with Gasteiger partial charge in [0, 0.05) is 60.6 Å². The molecular weight excluding hydrogens is 705 g/mol. The number of fused-ring (bicyclic) bond motifs is 2. The quantitative estimate of drug-likeness (QED) is 0.103. The molecule has 0 fully saturated rings. The number of halogens is 4. The minimum Gasteiger partial charge on any atom is -0.382 e. The van der Waals surface area contributed by atoms with Gasteiger partial charge in [-0.25, -0.2) is 18.1 Å². The van der Waals surface area contributed by atoms with Crippen molar-refractivity contribution in [3.05, 3.63) is 70.0 Å². The highest BCUT2D eigenvalue weighted by molar-refractivity contribution is 7.99. The summed E-state index contributed by atoms with van der Waals surface area (Å²) in [5.41, 5.74) is 2.07. The third kappa shape index (κ3) is 9.35. The highest BCUT2D eigenvalue weighted by atomic mass is 35.5. The Morgan fingerprint density at radius 1 is 1.17 bits per heavy atom. The Kier molecular flexibility index (Phi) is 18.1. The topological polar surface area (TPSA) is 62.2 Å². The molecule has 0 aromatic heterocycles. The maximum atomic E-state index is 15.2. The molecule has 0 spiro atoms. The summed E-state index contributed by atoms with van der Waals surface area (Å²) >= 11 is 21.3. The maximum Gasteiger partial charge on any atom is 0.342 e. The Morgan fingerprint density at radius 2 is 1.77 bits per heavy atom. The molecule has 0 radical (unpaired) electrons. The molecule has 4 rings (SSSR count). The van der Waals surface area contributed by atoms with Gasteiger partial charge in [-0.2, -0.15) is 25.3 Å². The number of carbonyl (C=O) groups is 2. The minimum absolute atomic E-state index is 0.0106. The monoisotopic (exact) mass is 749 g/mol.